The zero-order valence-corrected chi connectivity index (χ0v) is 11.9. The summed E-state index contributed by atoms with van der Waals surface area (Å²) in [5.74, 6) is 1.85. The third-order valence-corrected chi connectivity index (χ3v) is 3.58. The predicted octanol–water partition coefficient (Wildman–Crippen LogP) is 3.59. The summed E-state index contributed by atoms with van der Waals surface area (Å²) in [6, 6.07) is 10.3. The van der Waals surface area contributed by atoms with Crippen LogP contribution in [0.15, 0.2) is 24.3 Å². The molecule has 0 amide bonds. The summed E-state index contributed by atoms with van der Waals surface area (Å²) >= 11 is 4.22. The van der Waals surface area contributed by atoms with Gasteiger partial charge >= 0.3 is 0 Å². The molecular weight excluding hydrogens is 254 g/mol. The monoisotopic (exact) mass is 273 g/mol. The highest BCUT2D eigenvalue weighted by molar-refractivity contribution is 7.80. The van der Waals surface area contributed by atoms with E-state index in [2.05, 4.69) is 34.3 Å². The topological polar surface area (TPSA) is 41.6 Å². The lowest BCUT2D eigenvalue weighted by molar-refractivity contribution is 0.581. The summed E-state index contributed by atoms with van der Waals surface area (Å²) in [5.41, 5.74) is 2.13. The Morgan fingerprint density at radius 3 is 2.74 bits per heavy atom. The van der Waals surface area contributed by atoms with Crippen molar-refractivity contribution in [3.05, 3.63) is 30.1 Å². The van der Waals surface area contributed by atoms with Gasteiger partial charge in [0, 0.05) is 6.54 Å². The van der Waals surface area contributed by atoms with Crippen LogP contribution in [-0.4, -0.2) is 15.3 Å². The van der Waals surface area contributed by atoms with Crippen LogP contribution in [0.5, 0.6) is 0 Å². The largest absolute Gasteiger partial charge is 0.327 e. The standard InChI is InChI=1S/C15H19N3S/c16-10-9-15-17-13-7-3-4-8-14(13)18(15)11-5-1-2-6-12-19/h3-4,7-8,19H,1-2,5-6,9,11-12H2. The zero-order chi connectivity index (χ0) is 13.5. The van der Waals surface area contributed by atoms with Crippen LogP contribution in [-0.2, 0) is 13.0 Å². The Kier molecular flexibility index (Phi) is 5.29. The number of nitrogens with zero attached hydrogens (tertiary/aromatic N) is 3. The molecule has 4 heteroatoms. The summed E-state index contributed by atoms with van der Waals surface area (Å²) in [6.45, 7) is 0.949. The van der Waals surface area contributed by atoms with Crippen LogP contribution in [0.4, 0.5) is 0 Å². The van der Waals surface area contributed by atoms with Gasteiger partial charge in [0.1, 0.15) is 5.82 Å². The fourth-order valence-electron chi connectivity index (χ4n) is 2.32. The Labute approximate surface area is 119 Å². The Morgan fingerprint density at radius 2 is 1.95 bits per heavy atom. The summed E-state index contributed by atoms with van der Waals surface area (Å²) in [6.07, 6.45) is 5.12. The number of aromatic nitrogens is 2. The molecule has 1 aromatic carbocycles. The van der Waals surface area contributed by atoms with Gasteiger partial charge in [-0.15, -0.1) is 0 Å². The van der Waals surface area contributed by atoms with E-state index in [0.717, 1.165) is 35.6 Å². The Morgan fingerprint density at radius 1 is 1.16 bits per heavy atom. The van der Waals surface area contributed by atoms with Gasteiger partial charge in [0.15, 0.2) is 0 Å². The van der Waals surface area contributed by atoms with Gasteiger partial charge < -0.3 is 4.57 Å². The van der Waals surface area contributed by atoms with Crippen molar-refractivity contribution in [2.75, 3.05) is 5.75 Å². The maximum absolute atomic E-state index is 8.90. The van der Waals surface area contributed by atoms with Gasteiger partial charge in [0.2, 0.25) is 0 Å². The van der Waals surface area contributed by atoms with Crippen LogP contribution >= 0.6 is 12.6 Å². The molecule has 0 bridgehead atoms. The number of benzene rings is 1. The van der Waals surface area contributed by atoms with Crippen LogP contribution in [0.3, 0.4) is 0 Å². The quantitative estimate of drug-likeness (QED) is 0.618. The highest BCUT2D eigenvalue weighted by atomic mass is 32.1. The highest BCUT2D eigenvalue weighted by Gasteiger charge is 2.09. The lowest BCUT2D eigenvalue weighted by atomic mass is 10.2. The van der Waals surface area contributed by atoms with Crippen molar-refractivity contribution in [3.8, 4) is 6.07 Å². The van der Waals surface area contributed by atoms with E-state index in [-0.39, 0.29) is 0 Å². The molecular formula is C15H19N3S. The fourth-order valence-corrected chi connectivity index (χ4v) is 2.54. The van der Waals surface area contributed by atoms with E-state index < -0.39 is 0 Å². The second kappa shape index (κ2) is 7.20. The smallest absolute Gasteiger partial charge is 0.124 e. The third-order valence-electron chi connectivity index (χ3n) is 3.26. The van der Waals surface area contributed by atoms with Crippen molar-refractivity contribution in [1.82, 2.24) is 9.55 Å². The molecule has 0 atom stereocenters. The summed E-state index contributed by atoms with van der Waals surface area (Å²) in [4.78, 5) is 4.55. The molecule has 3 nitrogen and oxygen atoms in total. The zero-order valence-electron chi connectivity index (χ0n) is 11.0. The molecule has 1 aromatic heterocycles. The molecule has 2 aromatic rings. The van der Waals surface area contributed by atoms with Crippen molar-refractivity contribution >= 4 is 23.7 Å². The number of thiol groups is 1. The molecule has 0 N–H and O–H groups in total. The average molecular weight is 273 g/mol. The highest BCUT2D eigenvalue weighted by Crippen LogP contribution is 2.17. The van der Waals surface area contributed by atoms with Gasteiger partial charge in [-0.05, 0) is 30.7 Å². The summed E-state index contributed by atoms with van der Waals surface area (Å²) in [7, 11) is 0. The van der Waals surface area contributed by atoms with E-state index in [1.807, 2.05) is 18.2 Å². The Hall–Kier alpha value is -1.47. The van der Waals surface area contributed by atoms with Gasteiger partial charge in [0.25, 0.3) is 0 Å². The molecule has 0 spiro atoms. The summed E-state index contributed by atoms with van der Waals surface area (Å²) < 4.78 is 2.19. The number of hydrogen-bond donors (Lipinski definition) is 1. The number of para-hydroxylation sites is 2. The van der Waals surface area contributed by atoms with Crippen LogP contribution in [0.1, 0.15) is 31.5 Å². The third kappa shape index (κ3) is 3.51. The van der Waals surface area contributed by atoms with Crippen LogP contribution < -0.4 is 0 Å². The van der Waals surface area contributed by atoms with E-state index in [1.54, 1.807) is 0 Å². The van der Waals surface area contributed by atoms with E-state index in [4.69, 9.17) is 5.26 Å². The first-order valence-electron chi connectivity index (χ1n) is 6.78. The molecule has 0 unspecified atom stereocenters. The fraction of sp³-hybridized carbons (Fsp3) is 0.467. The van der Waals surface area contributed by atoms with Gasteiger partial charge in [-0.25, -0.2) is 4.98 Å². The molecule has 100 valence electrons. The van der Waals surface area contributed by atoms with E-state index in [9.17, 15) is 0 Å². The lowest BCUT2D eigenvalue weighted by Gasteiger charge is -2.07. The van der Waals surface area contributed by atoms with E-state index in [1.165, 1.54) is 19.3 Å². The Balaban J connectivity index is 2.10. The minimum atomic E-state index is 0.380. The molecule has 1 heterocycles. The van der Waals surface area contributed by atoms with Gasteiger partial charge in [-0.1, -0.05) is 25.0 Å². The molecule has 0 aliphatic rings. The maximum Gasteiger partial charge on any atom is 0.124 e. The van der Waals surface area contributed by atoms with Crippen LogP contribution in [0, 0.1) is 11.3 Å². The first-order chi connectivity index (χ1) is 9.36. The number of imidazole rings is 1. The van der Waals surface area contributed by atoms with Crippen molar-refractivity contribution in [2.24, 2.45) is 0 Å². The SMILES string of the molecule is N#CCc1nc2ccccc2n1CCCCCCS. The first-order valence-corrected chi connectivity index (χ1v) is 7.42. The predicted molar refractivity (Wildman–Crippen MR) is 81.4 cm³/mol. The van der Waals surface area contributed by atoms with Crippen molar-refractivity contribution in [1.29, 1.82) is 5.26 Å². The molecule has 0 saturated carbocycles. The summed E-state index contributed by atoms with van der Waals surface area (Å²) in [5, 5.41) is 8.90. The number of hydrogen-bond acceptors (Lipinski definition) is 3. The molecule has 0 radical (unpaired) electrons. The minimum Gasteiger partial charge on any atom is -0.327 e. The van der Waals surface area contributed by atoms with Gasteiger partial charge in [-0.2, -0.15) is 17.9 Å². The maximum atomic E-state index is 8.90. The Bertz CT molecular complexity index is 568. The molecule has 2 rings (SSSR count). The van der Waals surface area contributed by atoms with Crippen molar-refractivity contribution in [2.45, 2.75) is 38.6 Å². The van der Waals surface area contributed by atoms with Crippen molar-refractivity contribution in [3.63, 3.8) is 0 Å². The number of unbranched alkanes of at least 4 members (excludes halogenated alkanes) is 3. The van der Waals surface area contributed by atoms with Crippen LogP contribution in [0.25, 0.3) is 11.0 Å². The van der Waals surface area contributed by atoms with E-state index >= 15 is 0 Å². The van der Waals surface area contributed by atoms with E-state index in [0.29, 0.717) is 6.42 Å². The first kappa shape index (κ1) is 14.0. The molecule has 19 heavy (non-hydrogen) atoms. The number of fused-ring (bicyclic) bond motifs is 1. The number of rotatable bonds is 7. The normalized spacial score (nSPS) is 10.7. The average Bonchev–Trinajstić information content (AvgIpc) is 2.77. The molecule has 0 fully saturated rings. The number of nitriles is 1. The molecule has 0 aliphatic heterocycles. The van der Waals surface area contributed by atoms with Gasteiger partial charge in [0.05, 0.1) is 23.5 Å². The lowest BCUT2D eigenvalue weighted by Crippen LogP contribution is -2.03. The van der Waals surface area contributed by atoms with Gasteiger partial charge in [-0.3, -0.25) is 0 Å². The minimum absolute atomic E-state index is 0.380. The van der Waals surface area contributed by atoms with Crippen LogP contribution in [0.2, 0.25) is 0 Å². The second-order valence-electron chi connectivity index (χ2n) is 4.64. The molecule has 0 aliphatic carbocycles. The molecule has 0 saturated heterocycles. The van der Waals surface area contributed by atoms with Crippen molar-refractivity contribution < 1.29 is 0 Å². The second-order valence-corrected chi connectivity index (χ2v) is 5.09. The number of aryl methyl sites for hydroxylation is 1.